The molecule has 184 valence electrons. The van der Waals surface area contributed by atoms with Gasteiger partial charge in [-0.3, -0.25) is 14.0 Å². The van der Waals surface area contributed by atoms with E-state index in [1.165, 1.54) is 0 Å². The van der Waals surface area contributed by atoms with Crippen LogP contribution in [-0.2, 0) is 4.79 Å². The van der Waals surface area contributed by atoms with Gasteiger partial charge in [-0.05, 0) is 44.0 Å². The molecule has 2 amide bonds. The molecule has 9 nitrogen and oxygen atoms in total. The largest absolute Gasteiger partial charge is 0.382 e. The lowest BCUT2D eigenvalue weighted by atomic mass is 9.92. The van der Waals surface area contributed by atoms with Gasteiger partial charge in [-0.2, -0.15) is 0 Å². The Bertz CT molecular complexity index is 1400. The topological polar surface area (TPSA) is 119 Å². The molecule has 36 heavy (non-hydrogen) atoms. The summed E-state index contributed by atoms with van der Waals surface area (Å²) in [5, 5.41) is 2.79. The first-order valence-electron chi connectivity index (χ1n) is 12.2. The van der Waals surface area contributed by atoms with Crippen LogP contribution in [0.25, 0.3) is 16.8 Å². The number of nitrogens with two attached hydrogens (primary N) is 1. The molecule has 4 heterocycles. The van der Waals surface area contributed by atoms with Gasteiger partial charge >= 0.3 is 0 Å². The molecule has 1 saturated heterocycles. The van der Waals surface area contributed by atoms with Crippen LogP contribution in [-0.4, -0.2) is 48.7 Å². The number of piperidine rings is 1. The smallest absolute Gasteiger partial charge is 0.256 e. The molecule has 5 rings (SSSR count). The van der Waals surface area contributed by atoms with E-state index in [2.05, 4.69) is 22.2 Å². The number of hydrogen-bond donors (Lipinski definition) is 2. The molecule has 1 aliphatic heterocycles. The number of nitrogens with one attached hydrogen (secondary N) is 1. The zero-order chi connectivity index (χ0) is 25.2. The SMILES string of the molecule is CCC(=O)N1C[C@H](c2nc(-c3ccc(C(=O)Nc4ccccn4)cc3)c3c(N)nccn23)CC[C@@H]1C. The van der Waals surface area contributed by atoms with Gasteiger partial charge in [0.1, 0.15) is 28.7 Å². The minimum absolute atomic E-state index is 0.0863. The molecule has 1 aromatic carbocycles. The van der Waals surface area contributed by atoms with Gasteiger partial charge in [0, 0.05) is 54.6 Å². The summed E-state index contributed by atoms with van der Waals surface area (Å²) in [6.45, 7) is 4.63. The predicted octanol–water partition coefficient (Wildman–Crippen LogP) is 4.13. The van der Waals surface area contributed by atoms with Gasteiger partial charge in [0.25, 0.3) is 5.91 Å². The molecule has 4 aromatic rings. The van der Waals surface area contributed by atoms with Crippen molar-refractivity contribution in [3.05, 3.63) is 72.4 Å². The van der Waals surface area contributed by atoms with E-state index in [0.717, 1.165) is 29.7 Å². The zero-order valence-electron chi connectivity index (χ0n) is 20.4. The number of amides is 2. The summed E-state index contributed by atoms with van der Waals surface area (Å²) in [5.41, 5.74) is 9.09. The Hall–Kier alpha value is -4.27. The number of nitrogen functional groups attached to an aromatic ring is 1. The van der Waals surface area contributed by atoms with E-state index in [0.29, 0.717) is 35.9 Å². The number of carbonyl (C=O) groups excluding carboxylic acids is 2. The summed E-state index contributed by atoms with van der Waals surface area (Å²) in [5.74, 6) is 1.75. The summed E-state index contributed by atoms with van der Waals surface area (Å²) in [6.07, 6.45) is 7.51. The van der Waals surface area contributed by atoms with E-state index in [1.807, 2.05) is 40.6 Å². The number of rotatable bonds is 5. The number of imidazole rings is 1. The van der Waals surface area contributed by atoms with E-state index in [9.17, 15) is 9.59 Å². The van der Waals surface area contributed by atoms with Gasteiger partial charge in [0.2, 0.25) is 5.91 Å². The van der Waals surface area contributed by atoms with Gasteiger partial charge in [-0.1, -0.05) is 25.1 Å². The third-order valence-corrected chi connectivity index (χ3v) is 6.81. The molecule has 1 fully saturated rings. The Morgan fingerprint density at radius 1 is 1.08 bits per heavy atom. The Kier molecular flexibility index (Phi) is 6.37. The molecular formula is C27H29N7O2. The molecule has 0 radical (unpaired) electrons. The molecule has 0 aliphatic carbocycles. The summed E-state index contributed by atoms with van der Waals surface area (Å²) < 4.78 is 1.99. The third kappa shape index (κ3) is 4.39. The second-order valence-electron chi connectivity index (χ2n) is 9.12. The van der Waals surface area contributed by atoms with Gasteiger partial charge in [0.15, 0.2) is 0 Å². The number of fused-ring (bicyclic) bond motifs is 1. The van der Waals surface area contributed by atoms with E-state index in [-0.39, 0.29) is 23.8 Å². The lowest BCUT2D eigenvalue weighted by molar-refractivity contribution is -0.134. The molecule has 0 saturated carbocycles. The number of aromatic nitrogens is 4. The quantitative estimate of drug-likeness (QED) is 0.441. The van der Waals surface area contributed by atoms with Crippen LogP contribution in [0.1, 0.15) is 55.2 Å². The van der Waals surface area contributed by atoms with Gasteiger partial charge in [-0.25, -0.2) is 15.0 Å². The first-order chi connectivity index (χ1) is 17.5. The van der Waals surface area contributed by atoms with E-state index >= 15 is 0 Å². The maximum atomic E-state index is 12.6. The molecule has 0 spiro atoms. The summed E-state index contributed by atoms with van der Waals surface area (Å²) in [4.78, 5) is 40.6. The van der Waals surface area contributed by atoms with Gasteiger partial charge in [0.05, 0.1) is 0 Å². The number of nitrogens with zero attached hydrogens (tertiary/aromatic N) is 5. The molecule has 2 atom stereocenters. The van der Waals surface area contributed by atoms with Gasteiger partial charge in [-0.15, -0.1) is 0 Å². The van der Waals surface area contributed by atoms with Crippen LogP contribution in [0.3, 0.4) is 0 Å². The Balaban J connectivity index is 1.47. The fourth-order valence-electron chi connectivity index (χ4n) is 4.85. The standard InChI is InChI=1S/C27H29N7O2/c1-3-22(35)34-16-20(8-7-17(34)2)26-32-23(24-25(28)30-14-15-33(24)26)18-9-11-19(12-10-18)27(36)31-21-6-4-5-13-29-21/h4-6,9-15,17,20H,3,7-8,16H2,1-2H3,(H2,28,30)(H,29,31,36)/t17-,20+/m0/s1. The van der Waals surface area contributed by atoms with Crippen molar-refractivity contribution in [2.45, 2.75) is 45.1 Å². The normalized spacial score (nSPS) is 17.8. The fourth-order valence-corrected chi connectivity index (χ4v) is 4.85. The van der Waals surface area contributed by atoms with E-state index in [4.69, 9.17) is 10.7 Å². The predicted molar refractivity (Wildman–Crippen MR) is 138 cm³/mol. The van der Waals surface area contributed by atoms with Crippen molar-refractivity contribution >= 4 is 29.0 Å². The van der Waals surface area contributed by atoms with Crippen molar-refractivity contribution in [1.82, 2.24) is 24.3 Å². The van der Waals surface area contributed by atoms with Crippen LogP contribution >= 0.6 is 0 Å². The number of anilines is 2. The van der Waals surface area contributed by atoms with Crippen molar-refractivity contribution in [1.29, 1.82) is 0 Å². The van der Waals surface area contributed by atoms with Crippen LogP contribution in [0.2, 0.25) is 0 Å². The highest BCUT2D eigenvalue weighted by Crippen LogP contribution is 2.35. The van der Waals surface area contributed by atoms with Crippen molar-refractivity contribution in [3.8, 4) is 11.3 Å². The van der Waals surface area contributed by atoms with E-state index in [1.54, 1.807) is 36.7 Å². The number of carbonyl (C=O) groups is 2. The van der Waals surface area contributed by atoms with Crippen molar-refractivity contribution in [3.63, 3.8) is 0 Å². The number of pyridine rings is 1. The summed E-state index contributed by atoms with van der Waals surface area (Å²) in [6, 6.07) is 12.8. The monoisotopic (exact) mass is 483 g/mol. The molecular weight excluding hydrogens is 454 g/mol. The van der Waals surface area contributed by atoms with Crippen molar-refractivity contribution < 1.29 is 9.59 Å². The maximum Gasteiger partial charge on any atom is 0.256 e. The highest BCUT2D eigenvalue weighted by atomic mass is 16.2. The highest BCUT2D eigenvalue weighted by Gasteiger charge is 2.32. The number of benzene rings is 1. The number of likely N-dealkylation sites (tertiary alicyclic amines) is 1. The van der Waals surface area contributed by atoms with Crippen molar-refractivity contribution in [2.75, 3.05) is 17.6 Å². The Morgan fingerprint density at radius 3 is 2.61 bits per heavy atom. The minimum Gasteiger partial charge on any atom is -0.382 e. The second-order valence-corrected chi connectivity index (χ2v) is 9.12. The average molecular weight is 484 g/mol. The Labute approximate surface area is 209 Å². The molecule has 1 aliphatic rings. The zero-order valence-corrected chi connectivity index (χ0v) is 20.4. The molecule has 3 N–H and O–H groups in total. The van der Waals surface area contributed by atoms with Crippen LogP contribution in [0.15, 0.2) is 61.1 Å². The van der Waals surface area contributed by atoms with Crippen LogP contribution in [0.5, 0.6) is 0 Å². The molecule has 3 aromatic heterocycles. The first-order valence-corrected chi connectivity index (χ1v) is 12.2. The van der Waals surface area contributed by atoms with E-state index < -0.39 is 0 Å². The van der Waals surface area contributed by atoms with Crippen LogP contribution in [0.4, 0.5) is 11.6 Å². The molecule has 9 heteroatoms. The van der Waals surface area contributed by atoms with Crippen LogP contribution < -0.4 is 11.1 Å². The lowest BCUT2D eigenvalue weighted by Crippen LogP contribution is -2.44. The number of hydrogen-bond acceptors (Lipinski definition) is 6. The van der Waals surface area contributed by atoms with Gasteiger partial charge < -0.3 is 16.0 Å². The Morgan fingerprint density at radius 2 is 1.89 bits per heavy atom. The summed E-state index contributed by atoms with van der Waals surface area (Å²) in [7, 11) is 0. The minimum atomic E-state index is -0.242. The third-order valence-electron chi connectivity index (χ3n) is 6.81. The summed E-state index contributed by atoms with van der Waals surface area (Å²) >= 11 is 0. The fraction of sp³-hybridized carbons (Fsp3) is 0.296. The second kappa shape index (κ2) is 9.77. The van der Waals surface area contributed by atoms with Crippen LogP contribution in [0, 0.1) is 0 Å². The molecule has 0 bridgehead atoms. The average Bonchev–Trinajstić information content (AvgIpc) is 3.30. The maximum absolute atomic E-state index is 12.6. The molecule has 0 unspecified atom stereocenters. The first kappa shape index (κ1) is 23.5. The highest BCUT2D eigenvalue weighted by molar-refractivity contribution is 6.04. The van der Waals surface area contributed by atoms with Crippen molar-refractivity contribution in [2.24, 2.45) is 0 Å². The lowest BCUT2D eigenvalue weighted by Gasteiger charge is -2.37.